The van der Waals surface area contributed by atoms with Gasteiger partial charge in [-0.2, -0.15) is 0 Å². The number of carboxylic acid groups (broad SMARTS) is 1. The van der Waals surface area contributed by atoms with E-state index in [0.717, 1.165) is 5.56 Å². The van der Waals surface area contributed by atoms with Crippen molar-refractivity contribution in [3.05, 3.63) is 35.4 Å². The summed E-state index contributed by atoms with van der Waals surface area (Å²) in [5.74, 6) is -1.07. The molecular formula is C16H19NO4. The molecule has 1 heterocycles. The van der Waals surface area contributed by atoms with Crippen LogP contribution in [0.3, 0.4) is 0 Å². The molecular weight excluding hydrogens is 270 g/mol. The molecule has 21 heavy (non-hydrogen) atoms. The summed E-state index contributed by atoms with van der Waals surface area (Å²) in [6.07, 6.45) is 1.56. The van der Waals surface area contributed by atoms with Crippen LogP contribution in [-0.2, 0) is 16.0 Å². The summed E-state index contributed by atoms with van der Waals surface area (Å²) in [5.41, 5.74) is 1.37. The van der Waals surface area contributed by atoms with E-state index in [1.165, 1.54) is 4.90 Å². The molecule has 1 aliphatic heterocycles. The van der Waals surface area contributed by atoms with Gasteiger partial charge in [0.05, 0.1) is 6.42 Å². The number of fused-ring (bicyclic) bond motifs is 1. The number of nitrogens with zero attached hydrogens (tertiary/aromatic N) is 1. The number of imide groups is 1. The third-order valence-corrected chi connectivity index (χ3v) is 3.83. The lowest BCUT2D eigenvalue weighted by Crippen LogP contribution is -2.43. The largest absolute Gasteiger partial charge is 0.481 e. The summed E-state index contributed by atoms with van der Waals surface area (Å²) in [6, 6.07) is 7.16. The zero-order chi connectivity index (χ0) is 15.4. The van der Waals surface area contributed by atoms with Gasteiger partial charge in [0, 0.05) is 18.5 Å². The van der Waals surface area contributed by atoms with Crippen LogP contribution in [-0.4, -0.2) is 34.3 Å². The molecule has 0 aromatic heterocycles. The molecule has 1 N–H and O–H groups in total. The molecule has 2 amide bonds. The first kappa shape index (κ1) is 15.2. The SMILES string of the molecule is CC(CCC(=O)O)CCN1C(=O)Cc2ccccc2C1=O. The minimum atomic E-state index is -0.819. The number of carbonyl (C=O) groups excluding carboxylic acids is 2. The molecule has 5 nitrogen and oxygen atoms in total. The van der Waals surface area contributed by atoms with Gasteiger partial charge in [0.1, 0.15) is 0 Å². The van der Waals surface area contributed by atoms with E-state index in [-0.39, 0.29) is 30.6 Å². The Morgan fingerprint density at radius 2 is 2.00 bits per heavy atom. The molecule has 1 atom stereocenters. The lowest BCUT2D eigenvalue weighted by atomic mass is 9.97. The van der Waals surface area contributed by atoms with Gasteiger partial charge in [-0.1, -0.05) is 25.1 Å². The van der Waals surface area contributed by atoms with Crippen LogP contribution in [0.25, 0.3) is 0 Å². The van der Waals surface area contributed by atoms with Gasteiger partial charge in [-0.25, -0.2) is 0 Å². The van der Waals surface area contributed by atoms with E-state index in [1.54, 1.807) is 18.2 Å². The molecule has 112 valence electrons. The fraction of sp³-hybridized carbons (Fsp3) is 0.438. The Labute approximate surface area is 123 Å². The van der Waals surface area contributed by atoms with Gasteiger partial charge in [0.2, 0.25) is 5.91 Å². The summed E-state index contributed by atoms with van der Waals surface area (Å²) < 4.78 is 0. The highest BCUT2D eigenvalue weighted by Gasteiger charge is 2.30. The zero-order valence-electron chi connectivity index (χ0n) is 12.0. The van der Waals surface area contributed by atoms with Crippen LogP contribution in [0.1, 0.15) is 42.1 Å². The number of amides is 2. The number of carbonyl (C=O) groups is 3. The van der Waals surface area contributed by atoms with Crippen LogP contribution in [0.15, 0.2) is 24.3 Å². The number of carboxylic acids is 1. The molecule has 1 aromatic rings. The van der Waals surface area contributed by atoms with E-state index < -0.39 is 5.97 Å². The third-order valence-electron chi connectivity index (χ3n) is 3.83. The van der Waals surface area contributed by atoms with Crippen molar-refractivity contribution in [3.63, 3.8) is 0 Å². The first-order valence-electron chi connectivity index (χ1n) is 7.13. The van der Waals surface area contributed by atoms with E-state index in [0.29, 0.717) is 24.9 Å². The third kappa shape index (κ3) is 3.68. The maximum absolute atomic E-state index is 12.3. The van der Waals surface area contributed by atoms with Gasteiger partial charge >= 0.3 is 5.97 Å². The predicted molar refractivity (Wildman–Crippen MR) is 76.8 cm³/mol. The molecule has 0 radical (unpaired) electrons. The Bertz CT molecular complexity index is 567. The molecule has 5 heteroatoms. The van der Waals surface area contributed by atoms with Gasteiger partial charge in [-0.3, -0.25) is 19.3 Å². The lowest BCUT2D eigenvalue weighted by Gasteiger charge is -2.27. The summed E-state index contributed by atoms with van der Waals surface area (Å²) in [5, 5.41) is 8.65. The minimum Gasteiger partial charge on any atom is -0.481 e. The van der Waals surface area contributed by atoms with Crippen molar-refractivity contribution in [2.75, 3.05) is 6.54 Å². The standard InChI is InChI=1S/C16H19NO4/c1-11(6-7-15(19)20)8-9-17-14(18)10-12-4-2-3-5-13(12)16(17)21/h2-5,11H,6-10H2,1H3,(H,19,20). The average molecular weight is 289 g/mol. The van der Waals surface area contributed by atoms with Gasteiger partial charge in [0.15, 0.2) is 0 Å². The minimum absolute atomic E-state index is 0.117. The van der Waals surface area contributed by atoms with Crippen LogP contribution in [0.4, 0.5) is 0 Å². The van der Waals surface area contributed by atoms with Crippen LogP contribution >= 0.6 is 0 Å². The van der Waals surface area contributed by atoms with Crippen molar-refractivity contribution in [2.45, 2.75) is 32.6 Å². The van der Waals surface area contributed by atoms with Gasteiger partial charge in [0.25, 0.3) is 5.91 Å². The number of hydrogen-bond acceptors (Lipinski definition) is 3. The number of aliphatic carboxylic acids is 1. The molecule has 0 spiro atoms. The second kappa shape index (κ2) is 6.52. The molecule has 1 unspecified atom stereocenters. The molecule has 0 bridgehead atoms. The summed E-state index contributed by atoms with van der Waals surface area (Å²) in [4.78, 5) is 36.2. The van der Waals surface area contributed by atoms with E-state index in [1.807, 2.05) is 13.0 Å². The maximum Gasteiger partial charge on any atom is 0.303 e. The fourth-order valence-electron chi connectivity index (χ4n) is 2.49. The van der Waals surface area contributed by atoms with Crippen molar-refractivity contribution in [1.29, 1.82) is 0 Å². The van der Waals surface area contributed by atoms with E-state index in [4.69, 9.17) is 5.11 Å². The van der Waals surface area contributed by atoms with Crippen molar-refractivity contribution < 1.29 is 19.5 Å². The molecule has 0 fully saturated rings. The normalized spacial score (nSPS) is 15.8. The highest BCUT2D eigenvalue weighted by Crippen LogP contribution is 2.21. The van der Waals surface area contributed by atoms with E-state index in [2.05, 4.69) is 0 Å². The monoisotopic (exact) mass is 289 g/mol. The molecule has 0 aliphatic carbocycles. The first-order valence-corrected chi connectivity index (χ1v) is 7.13. The van der Waals surface area contributed by atoms with Crippen LogP contribution in [0.2, 0.25) is 0 Å². The second-order valence-corrected chi connectivity index (χ2v) is 5.51. The van der Waals surface area contributed by atoms with E-state index >= 15 is 0 Å². The predicted octanol–water partition coefficient (Wildman–Crippen LogP) is 2.10. The smallest absolute Gasteiger partial charge is 0.303 e. The van der Waals surface area contributed by atoms with E-state index in [9.17, 15) is 14.4 Å². The quantitative estimate of drug-likeness (QED) is 0.814. The number of benzene rings is 1. The maximum atomic E-state index is 12.3. The number of rotatable bonds is 6. The number of hydrogen-bond donors (Lipinski definition) is 1. The topological polar surface area (TPSA) is 74.7 Å². The van der Waals surface area contributed by atoms with Crippen LogP contribution < -0.4 is 0 Å². The molecule has 2 rings (SSSR count). The molecule has 1 aromatic carbocycles. The fourth-order valence-corrected chi connectivity index (χ4v) is 2.49. The Morgan fingerprint density at radius 3 is 2.71 bits per heavy atom. The highest BCUT2D eigenvalue weighted by atomic mass is 16.4. The van der Waals surface area contributed by atoms with Gasteiger partial charge in [-0.05, 0) is 30.4 Å². The molecule has 0 saturated carbocycles. The highest BCUT2D eigenvalue weighted by molar-refractivity contribution is 6.09. The van der Waals surface area contributed by atoms with Crippen molar-refractivity contribution in [3.8, 4) is 0 Å². The zero-order valence-corrected chi connectivity index (χ0v) is 12.0. The Balaban J connectivity index is 1.96. The summed E-state index contributed by atoms with van der Waals surface area (Å²) in [6.45, 7) is 2.29. The Kier molecular flexibility index (Phi) is 4.73. The molecule has 1 aliphatic rings. The second-order valence-electron chi connectivity index (χ2n) is 5.51. The summed E-state index contributed by atoms with van der Waals surface area (Å²) >= 11 is 0. The van der Waals surface area contributed by atoms with Crippen molar-refractivity contribution in [1.82, 2.24) is 4.90 Å². The van der Waals surface area contributed by atoms with Crippen molar-refractivity contribution >= 4 is 17.8 Å². The lowest BCUT2D eigenvalue weighted by molar-refractivity contribution is -0.137. The van der Waals surface area contributed by atoms with Crippen LogP contribution in [0.5, 0.6) is 0 Å². The van der Waals surface area contributed by atoms with Gasteiger partial charge in [-0.15, -0.1) is 0 Å². The van der Waals surface area contributed by atoms with Gasteiger partial charge < -0.3 is 5.11 Å². The molecule has 0 saturated heterocycles. The Morgan fingerprint density at radius 1 is 1.29 bits per heavy atom. The Hall–Kier alpha value is -2.17. The van der Waals surface area contributed by atoms with Crippen molar-refractivity contribution in [2.24, 2.45) is 5.92 Å². The van der Waals surface area contributed by atoms with Crippen LogP contribution in [0, 0.1) is 5.92 Å². The average Bonchev–Trinajstić information content (AvgIpc) is 2.45. The first-order chi connectivity index (χ1) is 9.99. The summed E-state index contributed by atoms with van der Waals surface area (Å²) in [7, 11) is 0.